The fourth-order valence-corrected chi connectivity index (χ4v) is 2.57. The minimum absolute atomic E-state index is 0.0537. The van der Waals surface area contributed by atoms with Crippen molar-refractivity contribution in [1.82, 2.24) is 10.6 Å². The van der Waals surface area contributed by atoms with Crippen LogP contribution in [-0.4, -0.2) is 54.0 Å². The summed E-state index contributed by atoms with van der Waals surface area (Å²) in [4.78, 5) is 11.6. The summed E-state index contributed by atoms with van der Waals surface area (Å²) >= 11 is 0. The molecule has 0 bridgehead atoms. The van der Waals surface area contributed by atoms with E-state index in [-0.39, 0.29) is 24.7 Å². The van der Waals surface area contributed by atoms with Gasteiger partial charge in [0, 0.05) is 28.9 Å². The first-order valence-corrected chi connectivity index (χ1v) is 8.22. The molecule has 1 heterocycles. The molecule has 0 aromatic heterocycles. The molecule has 0 radical (unpaired) electrons. The van der Waals surface area contributed by atoms with Gasteiger partial charge in [0.05, 0.1) is 6.10 Å². The highest BCUT2D eigenvalue weighted by Crippen LogP contribution is 2.06. The molecule has 0 aromatic carbocycles. The molecule has 2 N–H and O–H groups in total. The standard InChI is InChI=1S/C12H24N2O3S/c1-10(5-8-18(2)16)14-12(15)9-17-11-3-6-13-7-4-11/h10-11,13H,3-9H2,1-2H3,(H,14,15). The summed E-state index contributed by atoms with van der Waals surface area (Å²) in [6.45, 7) is 3.98. The van der Waals surface area contributed by atoms with Crippen molar-refractivity contribution in [2.45, 2.75) is 38.3 Å². The number of nitrogens with one attached hydrogen (secondary N) is 2. The quantitative estimate of drug-likeness (QED) is 0.688. The molecule has 2 atom stereocenters. The zero-order valence-corrected chi connectivity index (χ0v) is 12.1. The summed E-state index contributed by atoms with van der Waals surface area (Å²) in [5.41, 5.74) is 0. The maximum atomic E-state index is 11.6. The maximum Gasteiger partial charge on any atom is 0.246 e. The van der Waals surface area contributed by atoms with Crippen LogP contribution in [0.5, 0.6) is 0 Å². The summed E-state index contributed by atoms with van der Waals surface area (Å²) in [5, 5.41) is 6.11. The smallest absolute Gasteiger partial charge is 0.246 e. The molecule has 1 amide bonds. The fraction of sp³-hybridized carbons (Fsp3) is 0.917. The van der Waals surface area contributed by atoms with Crippen molar-refractivity contribution in [3.63, 3.8) is 0 Å². The summed E-state index contributed by atoms with van der Waals surface area (Å²) in [5.74, 6) is 0.541. The van der Waals surface area contributed by atoms with E-state index in [1.165, 1.54) is 0 Å². The molecule has 106 valence electrons. The van der Waals surface area contributed by atoms with Crippen LogP contribution in [0, 0.1) is 0 Å². The minimum atomic E-state index is -0.798. The van der Waals surface area contributed by atoms with Crippen LogP contribution in [0.4, 0.5) is 0 Å². The van der Waals surface area contributed by atoms with E-state index in [1.54, 1.807) is 6.26 Å². The van der Waals surface area contributed by atoms with Crippen LogP contribution in [0.15, 0.2) is 0 Å². The topological polar surface area (TPSA) is 67.4 Å². The molecule has 6 heteroatoms. The van der Waals surface area contributed by atoms with Gasteiger partial charge in [0.15, 0.2) is 0 Å². The lowest BCUT2D eigenvalue weighted by Crippen LogP contribution is -2.39. The Balaban J connectivity index is 2.10. The van der Waals surface area contributed by atoms with Crippen molar-refractivity contribution >= 4 is 16.7 Å². The molecule has 0 aliphatic carbocycles. The van der Waals surface area contributed by atoms with E-state index >= 15 is 0 Å². The Labute approximate surface area is 111 Å². The Morgan fingerprint density at radius 3 is 2.78 bits per heavy atom. The number of ether oxygens (including phenoxy) is 1. The van der Waals surface area contributed by atoms with Crippen molar-refractivity contribution in [2.24, 2.45) is 0 Å². The second kappa shape index (κ2) is 8.61. The largest absolute Gasteiger partial charge is 0.368 e. The van der Waals surface area contributed by atoms with Crippen molar-refractivity contribution in [3.05, 3.63) is 0 Å². The van der Waals surface area contributed by atoms with Crippen LogP contribution in [-0.2, 0) is 20.3 Å². The van der Waals surface area contributed by atoms with Crippen molar-refractivity contribution < 1.29 is 13.7 Å². The molecule has 5 nitrogen and oxygen atoms in total. The Hall–Kier alpha value is -0.460. The average molecular weight is 276 g/mol. The van der Waals surface area contributed by atoms with Gasteiger partial charge in [0.1, 0.15) is 6.61 Å². The van der Waals surface area contributed by atoms with Crippen LogP contribution in [0.3, 0.4) is 0 Å². The lowest BCUT2D eigenvalue weighted by atomic mass is 10.1. The highest BCUT2D eigenvalue weighted by atomic mass is 32.2. The molecule has 1 fully saturated rings. The molecular formula is C12H24N2O3S. The number of piperidine rings is 1. The van der Waals surface area contributed by atoms with Gasteiger partial charge in [-0.2, -0.15) is 0 Å². The molecule has 1 aliphatic rings. The zero-order valence-electron chi connectivity index (χ0n) is 11.2. The predicted octanol–water partition coefficient (Wildman–Crippen LogP) is 0.0283. The molecule has 0 saturated carbocycles. The molecule has 1 saturated heterocycles. The second-order valence-corrected chi connectivity index (χ2v) is 6.35. The SMILES string of the molecule is CC(CCS(C)=O)NC(=O)COC1CCNCC1. The highest BCUT2D eigenvalue weighted by molar-refractivity contribution is 7.84. The van der Waals surface area contributed by atoms with Gasteiger partial charge in [0.25, 0.3) is 0 Å². The Morgan fingerprint density at radius 2 is 2.17 bits per heavy atom. The molecule has 0 aromatic rings. The van der Waals surface area contributed by atoms with Crippen LogP contribution in [0.25, 0.3) is 0 Å². The van der Waals surface area contributed by atoms with E-state index in [0.29, 0.717) is 5.75 Å². The summed E-state index contributed by atoms with van der Waals surface area (Å²) < 4.78 is 16.5. The molecule has 18 heavy (non-hydrogen) atoms. The zero-order chi connectivity index (χ0) is 13.4. The van der Waals surface area contributed by atoms with E-state index in [9.17, 15) is 9.00 Å². The van der Waals surface area contributed by atoms with E-state index in [0.717, 1.165) is 32.4 Å². The number of hydrogen-bond acceptors (Lipinski definition) is 4. The predicted molar refractivity (Wildman–Crippen MR) is 73.0 cm³/mol. The van der Waals surface area contributed by atoms with Crippen LogP contribution < -0.4 is 10.6 Å². The average Bonchev–Trinajstić information content (AvgIpc) is 2.35. The Morgan fingerprint density at radius 1 is 1.50 bits per heavy atom. The lowest BCUT2D eigenvalue weighted by molar-refractivity contribution is -0.128. The van der Waals surface area contributed by atoms with Crippen LogP contribution in [0.2, 0.25) is 0 Å². The molecule has 1 rings (SSSR count). The third-order valence-corrected chi connectivity index (χ3v) is 3.79. The number of amides is 1. The van der Waals surface area contributed by atoms with Gasteiger partial charge in [-0.15, -0.1) is 0 Å². The van der Waals surface area contributed by atoms with Crippen LogP contribution >= 0.6 is 0 Å². The van der Waals surface area contributed by atoms with Gasteiger partial charge in [-0.05, 0) is 39.3 Å². The van der Waals surface area contributed by atoms with Gasteiger partial charge in [-0.3, -0.25) is 9.00 Å². The van der Waals surface area contributed by atoms with Gasteiger partial charge >= 0.3 is 0 Å². The minimum Gasteiger partial charge on any atom is -0.368 e. The molecular weight excluding hydrogens is 252 g/mol. The highest BCUT2D eigenvalue weighted by Gasteiger charge is 2.15. The Bertz CT molecular complexity index is 280. The monoisotopic (exact) mass is 276 g/mol. The van der Waals surface area contributed by atoms with Crippen molar-refractivity contribution in [1.29, 1.82) is 0 Å². The number of carbonyl (C=O) groups excluding carboxylic acids is 1. The number of rotatable bonds is 7. The number of carbonyl (C=O) groups is 1. The first-order chi connectivity index (χ1) is 8.58. The van der Waals surface area contributed by atoms with E-state index in [1.807, 2.05) is 6.92 Å². The van der Waals surface area contributed by atoms with Gasteiger partial charge < -0.3 is 15.4 Å². The summed E-state index contributed by atoms with van der Waals surface area (Å²) in [7, 11) is -0.798. The normalized spacial score (nSPS) is 20.3. The third-order valence-electron chi connectivity index (χ3n) is 2.98. The maximum absolute atomic E-state index is 11.6. The first kappa shape index (κ1) is 15.6. The van der Waals surface area contributed by atoms with Gasteiger partial charge in [-0.1, -0.05) is 0 Å². The molecule has 0 spiro atoms. The second-order valence-electron chi connectivity index (χ2n) is 4.79. The van der Waals surface area contributed by atoms with Crippen molar-refractivity contribution in [2.75, 3.05) is 31.7 Å². The molecule has 1 aliphatic heterocycles. The van der Waals surface area contributed by atoms with Crippen LogP contribution in [0.1, 0.15) is 26.2 Å². The van der Waals surface area contributed by atoms with E-state index in [2.05, 4.69) is 10.6 Å². The molecule has 2 unspecified atom stereocenters. The van der Waals surface area contributed by atoms with Gasteiger partial charge in [0.2, 0.25) is 5.91 Å². The van der Waals surface area contributed by atoms with Crippen molar-refractivity contribution in [3.8, 4) is 0 Å². The summed E-state index contributed by atoms with van der Waals surface area (Å²) in [6, 6.07) is 0.0537. The number of hydrogen-bond donors (Lipinski definition) is 2. The third kappa shape index (κ3) is 7.08. The fourth-order valence-electron chi connectivity index (χ4n) is 1.89. The van der Waals surface area contributed by atoms with E-state index < -0.39 is 10.8 Å². The lowest BCUT2D eigenvalue weighted by Gasteiger charge is -2.23. The first-order valence-electron chi connectivity index (χ1n) is 6.49. The van der Waals surface area contributed by atoms with E-state index in [4.69, 9.17) is 4.74 Å². The summed E-state index contributed by atoms with van der Waals surface area (Å²) in [6.07, 6.45) is 4.56. The Kier molecular flexibility index (Phi) is 7.46. The van der Waals surface area contributed by atoms with Gasteiger partial charge in [-0.25, -0.2) is 0 Å².